The first-order chi connectivity index (χ1) is 20.7. The molecule has 2 aromatic carbocycles. The van der Waals surface area contributed by atoms with Gasteiger partial charge < -0.3 is 4.98 Å². The number of rotatable bonds is 7. The Morgan fingerprint density at radius 1 is 0.548 bits per heavy atom. The van der Waals surface area contributed by atoms with E-state index in [-0.39, 0.29) is 0 Å². The van der Waals surface area contributed by atoms with Gasteiger partial charge in [-0.2, -0.15) is 0 Å². The first-order valence-corrected chi connectivity index (χ1v) is 14.4. The van der Waals surface area contributed by atoms with Crippen molar-refractivity contribution in [2.45, 2.75) is 33.1 Å². The quantitative estimate of drug-likeness (QED) is 0.219. The minimum absolute atomic E-state index is 0.753. The molecule has 0 bridgehead atoms. The Bertz CT molecular complexity index is 2060. The van der Waals surface area contributed by atoms with Crippen LogP contribution in [0.2, 0.25) is 0 Å². The van der Waals surface area contributed by atoms with Crippen LogP contribution in [0.5, 0.6) is 0 Å². The summed E-state index contributed by atoms with van der Waals surface area (Å²) in [5.74, 6) is 0. The van der Waals surface area contributed by atoms with Crippen LogP contribution in [0.3, 0.4) is 0 Å². The van der Waals surface area contributed by atoms with Gasteiger partial charge in [0, 0.05) is 92.3 Å². The molecule has 0 aliphatic rings. The van der Waals surface area contributed by atoms with Crippen LogP contribution in [0, 0.1) is 13.8 Å². The van der Waals surface area contributed by atoms with Crippen LogP contribution in [-0.4, -0.2) is 24.9 Å². The molecule has 0 spiro atoms. The Kier molecular flexibility index (Phi) is 6.76. The average Bonchev–Trinajstić information content (AvgIpc) is 3.40. The zero-order chi connectivity index (χ0) is 28.5. The maximum Gasteiger partial charge on any atom is 0.0526 e. The molecule has 1 N–H and O–H groups in total. The summed E-state index contributed by atoms with van der Waals surface area (Å²) in [4.78, 5) is 22.3. The van der Waals surface area contributed by atoms with E-state index < -0.39 is 0 Å². The number of hydrogen-bond donors (Lipinski definition) is 1. The van der Waals surface area contributed by atoms with E-state index in [0.29, 0.717) is 0 Å². The molecule has 5 nitrogen and oxygen atoms in total. The SMILES string of the molecule is Cc1ncccc1-c1cccnc1CCc1cccc2c1[nH]c1ccc(Cc3ncccc3-c3cccnc3C)cc12. The first-order valence-electron chi connectivity index (χ1n) is 14.4. The Morgan fingerprint density at radius 2 is 1.17 bits per heavy atom. The molecule has 7 rings (SSSR count). The van der Waals surface area contributed by atoms with Gasteiger partial charge in [-0.15, -0.1) is 0 Å². The van der Waals surface area contributed by atoms with Crippen LogP contribution < -0.4 is 0 Å². The van der Waals surface area contributed by atoms with E-state index in [0.717, 1.165) is 69.8 Å². The van der Waals surface area contributed by atoms with Gasteiger partial charge >= 0.3 is 0 Å². The molecule has 0 radical (unpaired) electrons. The fourth-order valence-electron chi connectivity index (χ4n) is 6.04. The largest absolute Gasteiger partial charge is 0.354 e. The molecule has 204 valence electrons. The molecule has 0 fully saturated rings. The van der Waals surface area contributed by atoms with Gasteiger partial charge in [-0.3, -0.25) is 19.9 Å². The molecule has 0 amide bonds. The lowest BCUT2D eigenvalue weighted by molar-refractivity contribution is 0.920. The van der Waals surface area contributed by atoms with Crippen LogP contribution in [0.15, 0.2) is 110 Å². The predicted octanol–water partition coefficient (Wildman–Crippen LogP) is 8.23. The minimum Gasteiger partial charge on any atom is -0.354 e. The zero-order valence-electron chi connectivity index (χ0n) is 23.8. The van der Waals surface area contributed by atoms with Crippen LogP contribution in [0.1, 0.15) is 33.9 Å². The van der Waals surface area contributed by atoms with E-state index in [1.54, 1.807) is 0 Å². The van der Waals surface area contributed by atoms with Crippen molar-refractivity contribution in [3.05, 3.63) is 144 Å². The summed E-state index contributed by atoms with van der Waals surface area (Å²) < 4.78 is 0. The molecule has 0 aliphatic heterocycles. The van der Waals surface area contributed by atoms with Crippen molar-refractivity contribution in [3.63, 3.8) is 0 Å². The minimum atomic E-state index is 0.753. The van der Waals surface area contributed by atoms with E-state index in [4.69, 9.17) is 9.97 Å². The maximum atomic E-state index is 4.78. The summed E-state index contributed by atoms with van der Waals surface area (Å²) >= 11 is 0. The van der Waals surface area contributed by atoms with E-state index in [1.807, 2.05) is 49.1 Å². The van der Waals surface area contributed by atoms with Crippen molar-refractivity contribution in [2.24, 2.45) is 0 Å². The van der Waals surface area contributed by atoms with Gasteiger partial charge in [-0.25, -0.2) is 0 Å². The van der Waals surface area contributed by atoms with E-state index in [1.165, 1.54) is 27.4 Å². The van der Waals surface area contributed by atoms with E-state index in [9.17, 15) is 0 Å². The lowest BCUT2D eigenvalue weighted by Gasteiger charge is -2.11. The lowest BCUT2D eigenvalue weighted by atomic mass is 9.97. The normalized spacial score (nSPS) is 11.4. The third-order valence-corrected chi connectivity index (χ3v) is 8.16. The molecule has 0 atom stereocenters. The molecule has 0 saturated heterocycles. The molecule has 0 saturated carbocycles. The number of fused-ring (bicyclic) bond motifs is 3. The van der Waals surface area contributed by atoms with Crippen molar-refractivity contribution in [3.8, 4) is 22.3 Å². The smallest absolute Gasteiger partial charge is 0.0526 e. The number of aromatic nitrogens is 5. The molecular formula is C37H31N5. The number of benzene rings is 2. The van der Waals surface area contributed by atoms with Gasteiger partial charge in [0.2, 0.25) is 0 Å². The van der Waals surface area contributed by atoms with Gasteiger partial charge in [0.05, 0.1) is 5.69 Å². The zero-order valence-corrected chi connectivity index (χ0v) is 23.8. The van der Waals surface area contributed by atoms with Gasteiger partial charge in [0.25, 0.3) is 0 Å². The molecule has 0 aliphatic carbocycles. The number of nitrogens with zero attached hydrogens (tertiary/aromatic N) is 4. The second-order valence-electron chi connectivity index (χ2n) is 10.8. The topological polar surface area (TPSA) is 67.3 Å². The number of aromatic amines is 1. The fraction of sp³-hybridized carbons (Fsp3) is 0.135. The third-order valence-electron chi connectivity index (χ3n) is 8.16. The van der Waals surface area contributed by atoms with Crippen LogP contribution >= 0.6 is 0 Å². The Hall–Kier alpha value is -5.16. The first kappa shape index (κ1) is 25.8. The van der Waals surface area contributed by atoms with Gasteiger partial charge in [-0.05, 0) is 74.2 Å². The predicted molar refractivity (Wildman–Crippen MR) is 170 cm³/mol. The van der Waals surface area contributed by atoms with Crippen molar-refractivity contribution in [1.29, 1.82) is 0 Å². The standard InChI is InChI=1S/C37H31N5/c1-24-28(10-4-18-38-24)30-12-6-20-40-34(30)17-15-27-8-3-9-32-33-22-26(14-16-35(33)42-37(27)32)23-36-31(13-7-21-41-36)29-11-5-19-39-25(29)2/h3-14,16,18-22,42H,15,17,23H2,1-2H3. The number of H-pyrrole nitrogens is 1. The molecular weight excluding hydrogens is 514 g/mol. The van der Waals surface area contributed by atoms with Crippen LogP contribution in [0.4, 0.5) is 0 Å². The molecule has 5 heterocycles. The highest BCUT2D eigenvalue weighted by Crippen LogP contribution is 2.32. The number of aryl methyl sites for hydroxylation is 4. The number of nitrogens with one attached hydrogen (secondary N) is 1. The highest BCUT2D eigenvalue weighted by molar-refractivity contribution is 6.08. The van der Waals surface area contributed by atoms with E-state index >= 15 is 0 Å². The summed E-state index contributed by atoms with van der Waals surface area (Å²) in [7, 11) is 0. The summed E-state index contributed by atoms with van der Waals surface area (Å²) in [5, 5.41) is 2.49. The van der Waals surface area contributed by atoms with Crippen molar-refractivity contribution in [2.75, 3.05) is 0 Å². The maximum absolute atomic E-state index is 4.78. The number of hydrogen-bond acceptors (Lipinski definition) is 4. The van der Waals surface area contributed by atoms with Crippen LogP contribution in [-0.2, 0) is 19.3 Å². The second kappa shape index (κ2) is 11.0. The summed E-state index contributed by atoms with van der Waals surface area (Å²) in [6.07, 6.45) is 9.94. The van der Waals surface area contributed by atoms with Gasteiger partial charge in [-0.1, -0.05) is 48.5 Å². The molecule has 42 heavy (non-hydrogen) atoms. The Balaban J connectivity index is 1.20. The average molecular weight is 546 g/mol. The Morgan fingerprint density at radius 3 is 1.86 bits per heavy atom. The lowest BCUT2D eigenvalue weighted by Crippen LogP contribution is -1.99. The second-order valence-corrected chi connectivity index (χ2v) is 10.8. The molecule has 0 unspecified atom stereocenters. The molecule has 7 aromatic rings. The Labute approximate surface area is 245 Å². The summed E-state index contributed by atoms with van der Waals surface area (Å²) in [6, 6.07) is 29.9. The van der Waals surface area contributed by atoms with Crippen molar-refractivity contribution in [1.82, 2.24) is 24.9 Å². The number of pyridine rings is 4. The number of para-hydroxylation sites is 1. The highest BCUT2D eigenvalue weighted by atomic mass is 14.7. The van der Waals surface area contributed by atoms with Gasteiger partial charge in [0.1, 0.15) is 0 Å². The summed E-state index contributed by atoms with van der Waals surface area (Å²) in [6.45, 7) is 4.11. The third kappa shape index (κ3) is 4.83. The molecule has 5 aromatic heterocycles. The highest BCUT2D eigenvalue weighted by Gasteiger charge is 2.14. The van der Waals surface area contributed by atoms with Crippen molar-refractivity contribution < 1.29 is 0 Å². The fourth-order valence-corrected chi connectivity index (χ4v) is 6.04. The van der Waals surface area contributed by atoms with Crippen LogP contribution in [0.25, 0.3) is 44.1 Å². The van der Waals surface area contributed by atoms with E-state index in [2.05, 4.69) is 89.5 Å². The molecule has 5 heteroatoms. The van der Waals surface area contributed by atoms with Crippen molar-refractivity contribution >= 4 is 21.8 Å². The monoisotopic (exact) mass is 545 g/mol. The summed E-state index contributed by atoms with van der Waals surface area (Å²) in [5.41, 5.74) is 13.6. The van der Waals surface area contributed by atoms with Gasteiger partial charge in [0.15, 0.2) is 0 Å².